The molecule has 0 bridgehead atoms. The first-order valence-electron chi connectivity index (χ1n) is 5.29. The highest BCUT2D eigenvalue weighted by atomic mass is 16.5. The van der Waals surface area contributed by atoms with Crippen LogP contribution >= 0.6 is 0 Å². The molecule has 1 aliphatic rings. The molecule has 16 heavy (non-hydrogen) atoms. The van der Waals surface area contributed by atoms with Gasteiger partial charge in [0.2, 0.25) is 11.9 Å². The van der Waals surface area contributed by atoms with Gasteiger partial charge in [-0.1, -0.05) is 0 Å². The highest BCUT2D eigenvalue weighted by Gasteiger charge is 2.21. The molecule has 0 radical (unpaired) electrons. The molecule has 1 aliphatic heterocycles. The third kappa shape index (κ3) is 4.45. The quantitative estimate of drug-likeness (QED) is 0.148. The Bertz CT molecular complexity index is 256. The highest BCUT2D eigenvalue weighted by Crippen LogP contribution is 1.98. The van der Waals surface area contributed by atoms with Gasteiger partial charge in [0.1, 0.15) is 0 Å². The first-order chi connectivity index (χ1) is 7.76. The smallest absolute Gasteiger partial charge is 0.222 e. The summed E-state index contributed by atoms with van der Waals surface area (Å²) in [6.07, 6.45) is 1.30. The number of ether oxygens (including phenoxy) is 1. The van der Waals surface area contributed by atoms with E-state index in [1.165, 1.54) is 0 Å². The largest absolute Gasteiger partial charge is 0.385 e. The summed E-state index contributed by atoms with van der Waals surface area (Å²) in [5.41, 5.74) is 2.48. The molecule has 1 fully saturated rings. The van der Waals surface area contributed by atoms with Crippen LogP contribution in [0.25, 0.3) is 0 Å². The van der Waals surface area contributed by atoms with E-state index < -0.39 is 0 Å². The molecule has 92 valence electrons. The molecule has 1 heterocycles. The van der Waals surface area contributed by atoms with Crippen LogP contribution in [0.4, 0.5) is 0 Å². The van der Waals surface area contributed by atoms with Gasteiger partial charge in [0.05, 0.1) is 6.04 Å². The molecule has 7 heteroatoms. The average Bonchev–Trinajstić information content (AvgIpc) is 2.68. The van der Waals surface area contributed by atoms with Crippen LogP contribution in [0.15, 0.2) is 4.99 Å². The van der Waals surface area contributed by atoms with Gasteiger partial charge in [0, 0.05) is 33.2 Å². The van der Waals surface area contributed by atoms with E-state index in [9.17, 15) is 4.79 Å². The predicted molar refractivity (Wildman–Crippen MR) is 60.7 cm³/mol. The minimum atomic E-state index is 0.0493. The van der Waals surface area contributed by atoms with Crippen LogP contribution in [0.1, 0.15) is 12.8 Å². The van der Waals surface area contributed by atoms with Crippen LogP contribution < -0.4 is 21.9 Å². The number of hydrogen-bond acceptors (Lipinski definition) is 4. The Hall–Kier alpha value is -1.34. The van der Waals surface area contributed by atoms with E-state index in [0.29, 0.717) is 32.1 Å². The van der Waals surface area contributed by atoms with Gasteiger partial charge in [-0.2, -0.15) is 0 Å². The number of rotatable bonds is 5. The summed E-state index contributed by atoms with van der Waals surface area (Å²) in [5, 5.41) is 5.79. The summed E-state index contributed by atoms with van der Waals surface area (Å²) >= 11 is 0. The zero-order chi connectivity index (χ0) is 11.8. The van der Waals surface area contributed by atoms with E-state index in [-0.39, 0.29) is 11.9 Å². The molecular weight excluding hydrogens is 210 g/mol. The Morgan fingerprint density at radius 3 is 3.12 bits per heavy atom. The van der Waals surface area contributed by atoms with Crippen molar-refractivity contribution in [1.29, 1.82) is 0 Å². The number of aliphatic imine (C=N–C) groups is 1. The summed E-state index contributed by atoms with van der Waals surface area (Å²) < 4.78 is 4.91. The van der Waals surface area contributed by atoms with E-state index in [4.69, 9.17) is 10.6 Å². The number of nitrogens with one attached hydrogen (secondary N) is 3. The number of methoxy groups -OCH3 is 1. The fraction of sp³-hybridized carbons (Fsp3) is 0.778. The lowest BCUT2D eigenvalue weighted by atomic mass is 10.2. The van der Waals surface area contributed by atoms with E-state index in [2.05, 4.69) is 21.1 Å². The van der Waals surface area contributed by atoms with Crippen molar-refractivity contribution < 1.29 is 9.53 Å². The topological polar surface area (TPSA) is 101 Å². The van der Waals surface area contributed by atoms with Crippen LogP contribution in [0, 0.1) is 0 Å². The molecule has 0 aromatic rings. The van der Waals surface area contributed by atoms with Crippen LogP contribution in [0.3, 0.4) is 0 Å². The molecule has 1 amide bonds. The van der Waals surface area contributed by atoms with Crippen molar-refractivity contribution in [3.05, 3.63) is 0 Å². The van der Waals surface area contributed by atoms with Gasteiger partial charge >= 0.3 is 0 Å². The predicted octanol–water partition coefficient (Wildman–Crippen LogP) is -1.68. The second-order valence-electron chi connectivity index (χ2n) is 3.57. The molecule has 0 aromatic heterocycles. The standard InChI is InChI=1S/C9H19N5O2/c1-16-4-2-3-11-9(14-10)13-7-5-8(15)12-6-7/h7H,2-6,10H2,1H3,(H,12,15)(H2,11,13,14). The van der Waals surface area contributed by atoms with Crippen molar-refractivity contribution in [3.8, 4) is 0 Å². The SMILES string of the molecule is COCCCN=C(NN)NC1CNC(=O)C1. The van der Waals surface area contributed by atoms with E-state index in [0.717, 1.165) is 6.42 Å². The normalized spacial score (nSPS) is 20.8. The Kier molecular flexibility index (Phi) is 5.58. The summed E-state index contributed by atoms with van der Waals surface area (Å²) in [6, 6.07) is 0.0599. The Balaban J connectivity index is 2.27. The molecule has 1 rings (SSSR count). The maximum absolute atomic E-state index is 11.0. The number of nitrogens with two attached hydrogens (primary N) is 1. The molecule has 7 nitrogen and oxygen atoms in total. The molecule has 0 saturated carbocycles. The maximum atomic E-state index is 11.0. The lowest BCUT2D eigenvalue weighted by Crippen LogP contribution is -2.47. The number of hydrazine groups is 1. The molecule has 0 aromatic carbocycles. The first-order valence-corrected chi connectivity index (χ1v) is 5.29. The molecule has 0 aliphatic carbocycles. The average molecular weight is 229 g/mol. The van der Waals surface area contributed by atoms with Crippen LogP contribution in [-0.2, 0) is 9.53 Å². The Morgan fingerprint density at radius 2 is 2.56 bits per heavy atom. The van der Waals surface area contributed by atoms with Gasteiger partial charge in [-0.3, -0.25) is 15.2 Å². The minimum absolute atomic E-state index is 0.0493. The third-order valence-electron chi connectivity index (χ3n) is 2.23. The molecule has 5 N–H and O–H groups in total. The van der Waals surface area contributed by atoms with Crippen molar-refractivity contribution >= 4 is 11.9 Å². The molecule has 0 spiro atoms. The number of amides is 1. The fourth-order valence-corrected chi connectivity index (χ4v) is 1.43. The monoisotopic (exact) mass is 229 g/mol. The summed E-state index contributed by atoms with van der Waals surface area (Å²) in [6.45, 7) is 1.91. The van der Waals surface area contributed by atoms with Crippen LogP contribution in [0.2, 0.25) is 0 Å². The van der Waals surface area contributed by atoms with E-state index in [1.54, 1.807) is 7.11 Å². The maximum Gasteiger partial charge on any atom is 0.222 e. The van der Waals surface area contributed by atoms with E-state index in [1.807, 2.05) is 0 Å². The number of hydrogen-bond donors (Lipinski definition) is 4. The number of carbonyl (C=O) groups excluding carboxylic acids is 1. The third-order valence-corrected chi connectivity index (χ3v) is 2.23. The van der Waals surface area contributed by atoms with Crippen molar-refractivity contribution in [3.63, 3.8) is 0 Å². The van der Waals surface area contributed by atoms with E-state index >= 15 is 0 Å². The second-order valence-corrected chi connectivity index (χ2v) is 3.57. The molecule has 1 saturated heterocycles. The second kappa shape index (κ2) is 7.02. The van der Waals surface area contributed by atoms with Crippen LogP contribution in [0.5, 0.6) is 0 Å². The van der Waals surface area contributed by atoms with Crippen molar-refractivity contribution in [2.75, 3.05) is 26.8 Å². The first kappa shape index (κ1) is 12.7. The van der Waals surface area contributed by atoms with Crippen LogP contribution in [-0.4, -0.2) is 44.7 Å². The van der Waals surface area contributed by atoms with Crippen molar-refractivity contribution in [2.24, 2.45) is 10.8 Å². The van der Waals surface area contributed by atoms with Gasteiger partial charge < -0.3 is 15.4 Å². The van der Waals surface area contributed by atoms with Crippen molar-refractivity contribution in [2.45, 2.75) is 18.9 Å². The van der Waals surface area contributed by atoms with Crippen molar-refractivity contribution in [1.82, 2.24) is 16.1 Å². The lowest BCUT2D eigenvalue weighted by Gasteiger charge is -2.13. The minimum Gasteiger partial charge on any atom is -0.385 e. The highest BCUT2D eigenvalue weighted by molar-refractivity contribution is 5.83. The van der Waals surface area contributed by atoms with Gasteiger partial charge in [-0.15, -0.1) is 0 Å². The van der Waals surface area contributed by atoms with Gasteiger partial charge in [-0.05, 0) is 6.42 Å². The number of nitrogens with zero attached hydrogens (tertiary/aromatic N) is 1. The number of guanidine groups is 1. The number of carbonyl (C=O) groups is 1. The fourth-order valence-electron chi connectivity index (χ4n) is 1.43. The van der Waals surface area contributed by atoms with Gasteiger partial charge in [0.15, 0.2) is 0 Å². The Labute approximate surface area is 94.8 Å². The summed E-state index contributed by atoms with van der Waals surface area (Å²) in [5.74, 6) is 5.88. The lowest BCUT2D eigenvalue weighted by molar-refractivity contribution is -0.119. The van der Waals surface area contributed by atoms with Gasteiger partial charge in [-0.25, -0.2) is 5.84 Å². The van der Waals surface area contributed by atoms with Gasteiger partial charge in [0.25, 0.3) is 0 Å². The zero-order valence-electron chi connectivity index (χ0n) is 9.45. The molecule has 1 atom stereocenters. The zero-order valence-corrected chi connectivity index (χ0v) is 9.45. The summed E-state index contributed by atoms with van der Waals surface area (Å²) in [7, 11) is 1.65. The molecular formula is C9H19N5O2. The Morgan fingerprint density at radius 1 is 1.75 bits per heavy atom. The summed E-state index contributed by atoms with van der Waals surface area (Å²) in [4.78, 5) is 15.2. The molecule has 1 unspecified atom stereocenters.